The molecule has 6 heteroatoms. The maximum atomic E-state index is 4.27. The lowest BCUT2D eigenvalue weighted by molar-refractivity contribution is 0.247. The molecule has 0 radical (unpaired) electrons. The Balaban J connectivity index is 1.70. The Hall–Kier alpha value is -0.620. The maximum absolute atomic E-state index is 4.27. The normalized spacial score (nSPS) is 30.0. The molecule has 0 amide bonds. The van der Waals surface area contributed by atoms with Gasteiger partial charge in [-0.25, -0.2) is 4.68 Å². The molecule has 0 aromatic carbocycles. The van der Waals surface area contributed by atoms with Gasteiger partial charge in [-0.1, -0.05) is 32.5 Å². The van der Waals surface area contributed by atoms with Gasteiger partial charge in [-0.15, -0.1) is 5.10 Å². The number of hydrogen-bond acceptors (Lipinski definition) is 5. The van der Waals surface area contributed by atoms with E-state index in [-0.39, 0.29) is 0 Å². The summed E-state index contributed by atoms with van der Waals surface area (Å²) in [6.45, 7) is 7.95. The van der Waals surface area contributed by atoms with Crippen LogP contribution in [-0.4, -0.2) is 38.0 Å². The van der Waals surface area contributed by atoms with Crippen molar-refractivity contribution >= 4 is 11.8 Å². The van der Waals surface area contributed by atoms with E-state index >= 15 is 0 Å². The second kappa shape index (κ2) is 6.65. The fraction of sp³-hybridized carbons (Fsp3) is 0.933. The van der Waals surface area contributed by atoms with Crippen molar-refractivity contribution in [2.75, 3.05) is 6.54 Å². The van der Waals surface area contributed by atoms with Gasteiger partial charge in [0.1, 0.15) is 0 Å². The van der Waals surface area contributed by atoms with Gasteiger partial charge in [0.05, 0.1) is 6.04 Å². The number of thioether (sulfide) groups is 1. The van der Waals surface area contributed by atoms with Crippen LogP contribution < -0.4 is 5.32 Å². The lowest BCUT2D eigenvalue weighted by Gasteiger charge is -2.37. The molecule has 0 bridgehead atoms. The van der Waals surface area contributed by atoms with Crippen LogP contribution in [0, 0.1) is 11.8 Å². The smallest absolute Gasteiger partial charge is 0.209 e. The number of nitrogens with zero attached hydrogens (tertiary/aromatic N) is 4. The third kappa shape index (κ3) is 3.59. The standard InChI is InChI=1S/C15H27N5S/c1-4-16-13-8-5-11(10(2)3)9-14(13)21-15-17-18-19-20(15)12-6-7-12/h10-14,16H,4-9H2,1-3H3. The van der Waals surface area contributed by atoms with E-state index in [1.54, 1.807) is 0 Å². The largest absolute Gasteiger partial charge is 0.313 e. The van der Waals surface area contributed by atoms with Crippen LogP contribution >= 0.6 is 11.8 Å². The van der Waals surface area contributed by atoms with E-state index in [2.05, 4.69) is 41.6 Å². The number of hydrogen-bond donors (Lipinski definition) is 1. The molecule has 1 aromatic heterocycles. The van der Waals surface area contributed by atoms with Gasteiger partial charge in [0.2, 0.25) is 5.16 Å². The molecule has 2 aliphatic rings. The molecule has 118 valence electrons. The summed E-state index contributed by atoms with van der Waals surface area (Å²) in [5.74, 6) is 1.61. The lowest BCUT2D eigenvalue weighted by atomic mass is 9.79. The number of aromatic nitrogens is 4. The van der Waals surface area contributed by atoms with Crippen LogP contribution in [0.5, 0.6) is 0 Å². The molecular formula is C15H27N5S. The highest BCUT2D eigenvalue weighted by Crippen LogP contribution is 2.41. The minimum Gasteiger partial charge on any atom is -0.313 e. The van der Waals surface area contributed by atoms with Crippen molar-refractivity contribution in [1.29, 1.82) is 0 Å². The first-order valence-electron chi connectivity index (χ1n) is 8.37. The molecule has 5 nitrogen and oxygen atoms in total. The summed E-state index contributed by atoms with van der Waals surface area (Å²) in [6.07, 6.45) is 6.36. The Bertz CT molecular complexity index is 457. The van der Waals surface area contributed by atoms with Gasteiger partial charge < -0.3 is 5.32 Å². The maximum Gasteiger partial charge on any atom is 0.209 e. The molecule has 2 fully saturated rings. The van der Waals surface area contributed by atoms with E-state index in [1.807, 2.05) is 16.4 Å². The molecule has 0 saturated heterocycles. The summed E-state index contributed by atoms with van der Waals surface area (Å²) in [4.78, 5) is 0. The van der Waals surface area contributed by atoms with E-state index < -0.39 is 0 Å². The van der Waals surface area contributed by atoms with Gasteiger partial charge in [-0.05, 0) is 60.9 Å². The van der Waals surface area contributed by atoms with Crippen LogP contribution in [-0.2, 0) is 0 Å². The highest BCUT2D eigenvalue weighted by atomic mass is 32.2. The Morgan fingerprint density at radius 3 is 2.76 bits per heavy atom. The van der Waals surface area contributed by atoms with E-state index in [1.165, 1.54) is 32.1 Å². The minimum atomic E-state index is 0.560. The van der Waals surface area contributed by atoms with Crippen LogP contribution in [0.4, 0.5) is 0 Å². The summed E-state index contributed by atoms with van der Waals surface area (Å²) in [6, 6.07) is 1.16. The van der Waals surface area contributed by atoms with Crippen LogP contribution in [0.25, 0.3) is 0 Å². The van der Waals surface area contributed by atoms with E-state index in [9.17, 15) is 0 Å². The monoisotopic (exact) mass is 309 g/mol. The lowest BCUT2D eigenvalue weighted by Crippen LogP contribution is -2.43. The van der Waals surface area contributed by atoms with Crippen molar-refractivity contribution in [2.45, 2.75) is 75.4 Å². The highest BCUT2D eigenvalue weighted by molar-refractivity contribution is 7.99. The van der Waals surface area contributed by atoms with Crippen LogP contribution in [0.3, 0.4) is 0 Å². The minimum absolute atomic E-state index is 0.560. The first kappa shape index (κ1) is 15.3. The number of tetrazole rings is 1. The summed E-state index contributed by atoms with van der Waals surface area (Å²) >= 11 is 1.90. The predicted molar refractivity (Wildman–Crippen MR) is 85.4 cm³/mol. The first-order valence-corrected chi connectivity index (χ1v) is 9.25. The summed E-state index contributed by atoms with van der Waals surface area (Å²) in [5, 5.41) is 17.6. The van der Waals surface area contributed by atoms with Gasteiger partial charge in [0.25, 0.3) is 0 Å². The fourth-order valence-electron chi connectivity index (χ4n) is 3.34. The van der Waals surface area contributed by atoms with E-state index in [0.29, 0.717) is 17.3 Å². The second-order valence-electron chi connectivity index (χ2n) is 6.77. The SMILES string of the molecule is CCNC1CCC(C(C)C)CC1Sc1nnnn1C1CC1. The van der Waals surface area contributed by atoms with E-state index in [4.69, 9.17) is 0 Å². The molecule has 3 atom stereocenters. The van der Waals surface area contributed by atoms with Gasteiger partial charge in [0, 0.05) is 11.3 Å². The fourth-order valence-corrected chi connectivity index (χ4v) is 4.73. The molecule has 3 unspecified atom stereocenters. The molecule has 2 aliphatic carbocycles. The van der Waals surface area contributed by atoms with Crippen molar-refractivity contribution in [2.24, 2.45) is 11.8 Å². The van der Waals surface area contributed by atoms with Gasteiger partial charge in [-0.2, -0.15) is 0 Å². The summed E-state index contributed by atoms with van der Waals surface area (Å²) < 4.78 is 2.05. The molecule has 0 aliphatic heterocycles. The third-order valence-corrected chi connectivity index (χ3v) is 6.16. The highest BCUT2D eigenvalue weighted by Gasteiger charge is 2.35. The van der Waals surface area contributed by atoms with Crippen molar-refractivity contribution in [3.8, 4) is 0 Å². The zero-order valence-electron chi connectivity index (χ0n) is 13.3. The summed E-state index contributed by atoms with van der Waals surface area (Å²) in [7, 11) is 0. The predicted octanol–water partition coefficient (Wildman–Crippen LogP) is 2.90. The molecule has 21 heavy (non-hydrogen) atoms. The number of nitrogens with one attached hydrogen (secondary N) is 1. The van der Waals surface area contributed by atoms with Crippen molar-refractivity contribution in [3.05, 3.63) is 0 Å². The van der Waals surface area contributed by atoms with Crippen molar-refractivity contribution in [3.63, 3.8) is 0 Å². The van der Waals surface area contributed by atoms with Crippen LogP contribution in [0.15, 0.2) is 5.16 Å². The Labute approximate surface area is 131 Å². The second-order valence-corrected chi connectivity index (χ2v) is 7.98. The molecule has 1 heterocycles. The first-order chi connectivity index (χ1) is 10.2. The Kier molecular flexibility index (Phi) is 4.84. The zero-order valence-corrected chi connectivity index (χ0v) is 14.1. The Morgan fingerprint density at radius 1 is 1.29 bits per heavy atom. The van der Waals surface area contributed by atoms with E-state index in [0.717, 1.165) is 23.5 Å². The van der Waals surface area contributed by atoms with Gasteiger partial charge >= 0.3 is 0 Å². The Morgan fingerprint density at radius 2 is 2.10 bits per heavy atom. The molecule has 3 rings (SSSR count). The van der Waals surface area contributed by atoms with Crippen LogP contribution in [0.1, 0.15) is 58.9 Å². The molecule has 1 N–H and O–H groups in total. The van der Waals surface area contributed by atoms with Crippen molar-refractivity contribution < 1.29 is 0 Å². The zero-order chi connectivity index (χ0) is 14.8. The molecule has 0 spiro atoms. The quantitative estimate of drug-likeness (QED) is 0.875. The molecular weight excluding hydrogens is 282 g/mol. The molecule has 1 aromatic rings. The van der Waals surface area contributed by atoms with Gasteiger partial charge in [-0.3, -0.25) is 0 Å². The van der Waals surface area contributed by atoms with Gasteiger partial charge in [0.15, 0.2) is 0 Å². The number of rotatable bonds is 6. The van der Waals surface area contributed by atoms with Crippen molar-refractivity contribution in [1.82, 2.24) is 25.5 Å². The average molecular weight is 309 g/mol. The molecule has 2 saturated carbocycles. The topological polar surface area (TPSA) is 55.6 Å². The third-order valence-electron chi connectivity index (χ3n) is 4.85. The average Bonchev–Trinajstić information content (AvgIpc) is 3.21. The van der Waals surface area contributed by atoms with Crippen LogP contribution in [0.2, 0.25) is 0 Å². The summed E-state index contributed by atoms with van der Waals surface area (Å²) in [5.41, 5.74) is 0.